The molecule has 0 aliphatic heterocycles. The van der Waals surface area contributed by atoms with Crippen LogP contribution in [0.5, 0.6) is 0 Å². The van der Waals surface area contributed by atoms with Crippen LogP contribution in [0.1, 0.15) is 11.6 Å². The molecule has 2 nitrogen and oxygen atoms in total. The molecule has 0 spiro atoms. The molecule has 2 aromatic rings. The number of hydrogen-bond acceptors (Lipinski definition) is 2. The third-order valence-corrected chi connectivity index (χ3v) is 2.98. The van der Waals surface area contributed by atoms with E-state index in [9.17, 15) is 8.78 Å². The van der Waals surface area contributed by atoms with Crippen LogP contribution in [0.4, 0.5) is 14.5 Å². The van der Waals surface area contributed by atoms with Crippen LogP contribution in [0.2, 0.25) is 5.02 Å². The van der Waals surface area contributed by atoms with Crippen molar-refractivity contribution in [2.45, 2.75) is 6.04 Å². The van der Waals surface area contributed by atoms with Crippen molar-refractivity contribution in [3.05, 3.63) is 64.7 Å². The molecule has 3 N–H and O–H groups in total. The number of hydrogen-bond donors (Lipinski definition) is 2. The van der Waals surface area contributed by atoms with Crippen molar-refractivity contribution in [3.63, 3.8) is 0 Å². The second-order valence-corrected chi connectivity index (χ2v) is 4.51. The Morgan fingerprint density at radius 1 is 1.11 bits per heavy atom. The first-order chi connectivity index (χ1) is 9.11. The van der Waals surface area contributed by atoms with Gasteiger partial charge in [0.1, 0.15) is 11.6 Å². The van der Waals surface area contributed by atoms with Crippen LogP contribution in [0.25, 0.3) is 0 Å². The molecule has 0 bridgehead atoms. The van der Waals surface area contributed by atoms with Gasteiger partial charge >= 0.3 is 0 Å². The van der Waals surface area contributed by atoms with Crippen LogP contribution in [0.15, 0.2) is 42.5 Å². The average molecular weight is 283 g/mol. The molecule has 1 atom stereocenters. The summed E-state index contributed by atoms with van der Waals surface area (Å²) in [4.78, 5) is 0. The van der Waals surface area contributed by atoms with Crippen molar-refractivity contribution >= 4 is 17.3 Å². The van der Waals surface area contributed by atoms with Crippen LogP contribution in [0.3, 0.4) is 0 Å². The molecule has 0 saturated carbocycles. The van der Waals surface area contributed by atoms with Gasteiger partial charge in [0.25, 0.3) is 0 Å². The molecule has 2 rings (SSSR count). The van der Waals surface area contributed by atoms with Crippen molar-refractivity contribution in [2.75, 3.05) is 11.9 Å². The Morgan fingerprint density at radius 3 is 2.32 bits per heavy atom. The van der Waals surface area contributed by atoms with Crippen LogP contribution in [0, 0.1) is 11.6 Å². The van der Waals surface area contributed by atoms with Gasteiger partial charge in [0.05, 0.1) is 6.04 Å². The number of nitrogens with two attached hydrogens (primary N) is 1. The predicted molar refractivity (Wildman–Crippen MR) is 73.2 cm³/mol. The Labute approximate surface area is 115 Å². The van der Waals surface area contributed by atoms with Gasteiger partial charge < -0.3 is 11.1 Å². The topological polar surface area (TPSA) is 38.0 Å². The lowest BCUT2D eigenvalue weighted by Gasteiger charge is -2.20. The molecule has 1 unspecified atom stereocenters. The maximum absolute atomic E-state index is 13.7. The average Bonchev–Trinajstić information content (AvgIpc) is 2.37. The fourth-order valence-corrected chi connectivity index (χ4v) is 2.06. The Balaban J connectivity index is 2.30. The maximum Gasteiger partial charge on any atom is 0.131 e. The quantitative estimate of drug-likeness (QED) is 0.897. The fourth-order valence-electron chi connectivity index (χ4n) is 1.87. The van der Waals surface area contributed by atoms with Gasteiger partial charge in [0.2, 0.25) is 0 Å². The second kappa shape index (κ2) is 5.99. The lowest BCUT2D eigenvalue weighted by Crippen LogP contribution is -2.23. The third kappa shape index (κ3) is 3.22. The molecular formula is C14H13ClF2N2. The third-order valence-electron chi connectivity index (χ3n) is 2.75. The highest BCUT2D eigenvalue weighted by molar-refractivity contribution is 6.30. The van der Waals surface area contributed by atoms with Gasteiger partial charge in [-0.1, -0.05) is 23.7 Å². The first-order valence-corrected chi connectivity index (χ1v) is 6.15. The first-order valence-electron chi connectivity index (χ1n) is 5.78. The maximum atomic E-state index is 13.7. The van der Waals surface area contributed by atoms with Crippen molar-refractivity contribution in [1.29, 1.82) is 0 Å². The first kappa shape index (κ1) is 13.8. The molecule has 100 valence electrons. The van der Waals surface area contributed by atoms with Crippen molar-refractivity contribution in [2.24, 2.45) is 5.73 Å². The molecule has 0 amide bonds. The van der Waals surface area contributed by atoms with E-state index in [4.69, 9.17) is 17.3 Å². The van der Waals surface area contributed by atoms with E-state index in [2.05, 4.69) is 5.32 Å². The second-order valence-electron chi connectivity index (χ2n) is 4.08. The van der Waals surface area contributed by atoms with Crippen molar-refractivity contribution < 1.29 is 8.78 Å². The Hall–Kier alpha value is -1.65. The number of benzene rings is 2. The van der Waals surface area contributed by atoms with Crippen LogP contribution in [-0.2, 0) is 0 Å². The summed E-state index contributed by atoms with van der Waals surface area (Å²) in [7, 11) is 0. The number of nitrogens with one attached hydrogen (secondary N) is 1. The minimum Gasteiger partial charge on any atom is -0.377 e. The molecule has 2 aromatic carbocycles. The highest BCUT2D eigenvalue weighted by Gasteiger charge is 2.18. The minimum atomic E-state index is -0.653. The molecular weight excluding hydrogens is 270 g/mol. The van der Waals surface area contributed by atoms with Gasteiger partial charge in [-0.2, -0.15) is 0 Å². The van der Waals surface area contributed by atoms with Gasteiger partial charge in [-0.15, -0.1) is 0 Å². The number of rotatable bonds is 4. The highest BCUT2D eigenvalue weighted by atomic mass is 35.5. The normalized spacial score (nSPS) is 12.2. The lowest BCUT2D eigenvalue weighted by atomic mass is 10.1. The molecule has 0 heterocycles. The van der Waals surface area contributed by atoms with E-state index >= 15 is 0 Å². The zero-order valence-corrected chi connectivity index (χ0v) is 10.8. The summed E-state index contributed by atoms with van der Waals surface area (Å²) in [5.74, 6) is -1.24. The molecule has 0 aliphatic rings. The monoisotopic (exact) mass is 282 g/mol. The van der Waals surface area contributed by atoms with E-state index in [-0.39, 0.29) is 12.1 Å². The van der Waals surface area contributed by atoms with E-state index in [0.717, 1.165) is 0 Å². The summed E-state index contributed by atoms with van der Waals surface area (Å²) < 4.78 is 27.4. The minimum absolute atomic E-state index is 0.0599. The van der Waals surface area contributed by atoms with E-state index in [1.165, 1.54) is 18.2 Å². The van der Waals surface area contributed by atoms with Gasteiger partial charge in [-0.25, -0.2) is 8.78 Å². The number of halogens is 3. The van der Waals surface area contributed by atoms with Crippen LogP contribution in [-0.4, -0.2) is 6.54 Å². The van der Waals surface area contributed by atoms with E-state index < -0.39 is 17.7 Å². The van der Waals surface area contributed by atoms with Gasteiger partial charge in [0, 0.05) is 22.8 Å². The molecule has 0 saturated heterocycles. The summed E-state index contributed by atoms with van der Waals surface area (Å²) >= 11 is 5.86. The summed E-state index contributed by atoms with van der Waals surface area (Å²) in [6.07, 6.45) is 0. The molecule has 19 heavy (non-hydrogen) atoms. The smallest absolute Gasteiger partial charge is 0.131 e. The van der Waals surface area contributed by atoms with Crippen LogP contribution < -0.4 is 11.1 Å². The fraction of sp³-hybridized carbons (Fsp3) is 0.143. The SMILES string of the molecule is NCC(Nc1cccc(Cl)c1)c1c(F)cccc1F. The predicted octanol–water partition coefficient (Wildman–Crippen LogP) is 3.73. The lowest BCUT2D eigenvalue weighted by molar-refractivity contribution is 0.537. The van der Waals surface area contributed by atoms with Crippen molar-refractivity contribution in [1.82, 2.24) is 0 Å². The van der Waals surface area contributed by atoms with E-state index in [1.807, 2.05) is 0 Å². The molecule has 5 heteroatoms. The summed E-state index contributed by atoms with van der Waals surface area (Å²) in [5, 5.41) is 3.51. The molecule has 0 radical (unpaired) electrons. The van der Waals surface area contributed by atoms with Gasteiger partial charge in [-0.3, -0.25) is 0 Å². The zero-order valence-electron chi connectivity index (χ0n) is 10.0. The van der Waals surface area contributed by atoms with E-state index in [1.54, 1.807) is 24.3 Å². The highest BCUT2D eigenvalue weighted by Crippen LogP contribution is 2.25. The standard InChI is InChI=1S/C14H13ClF2N2/c15-9-3-1-4-10(7-9)19-13(8-18)14-11(16)5-2-6-12(14)17/h1-7,13,19H,8,18H2. The molecule has 0 fully saturated rings. The number of anilines is 1. The van der Waals surface area contributed by atoms with Crippen LogP contribution >= 0.6 is 11.6 Å². The molecule has 0 aromatic heterocycles. The van der Waals surface area contributed by atoms with Crippen molar-refractivity contribution in [3.8, 4) is 0 Å². The molecule has 0 aliphatic carbocycles. The van der Waals surface area contributed by atoms with E-state index in [0.29, 0.717) is 10.7 Å². The summed E-state index contributed by atoms with van der Waals surface area (Å²) in [6, 6.07) is 9.97. The Kier molecular flexibility index (Phi) is 4.35. The Bertz CT molecular complexity index is 555. The summed E-state index contributed by atoms with van der Waals surface area (Å²) in [6.45, 7) is 0.0599. The van der Waals surface area contributed by atoms with Gasteiger partial charge in [-0.05, 0) is 30.3 Å². The Morgan fingerprint density at radius 2 is 1.74 bits per heavy atom. The van der Waals surface area contributed by atoms with Gasteiger partial charge in [0.15, 0.2) is 0 Å². The summed E-state index contributed by atoms with van der Waals surface area (Å²) in [5.41, 5.74) is 6.19. The largest absolute Gasteiger partial charge is 0.377 e. The zero-order chi connectivity index (χ0) is 13.8.